The number of hydrogen-bond donors (Lipinski definition) is 2. The number of hydrogen-bond acceptors (Lipinski definition) is 4. The highest BCUT2D eigenvalue weighted by Crippen LogP contribution is 2.19. The number of nitrogens with zero attached hydrogens (tertiary/aromatic N) is 1. The number of amides is 1. The first-order chi connectivity index (χ1) is 9.29. The lowest BCUT2D eigenvalue weighted by Crippen LogP contribution is -2.41. The minimum Gasteiger partial charge on any atom is -0.467 e. The monoisotopic (exact) mass is 263 g/mol. The van der Waals surface area contributed by atoms with Crippen molar-refractivity contribution in [3.8, 4) is 0 Å². The molecule has 0 spiro atoms. The van der Waals surface area contributed by atoms with Crippen molar-refractivity contribution in [2.75, 3.05) is 19.6 Å². The van der Waals surface area contributed by atoms with Gasteiger partial charge in [-0.3, -0.25) is 9.69 Å². The number of carbonyl (C=O) groups excluding carboxylic acids is 1. The van der Waals surface area contributed by atoms with Crippen LogP contribution in [0.15, 0.2) is 22.8 Å². The van der Waals surface area contributed by atoms with E-state index in [9.17, 15) is 4.79 Å². The van der Waals surface area contributed by atoms with Crippen LogP contribution in [0, 0.1) is 0 Å². The van der Waals surface area contributed by atoms with E-state index in [1.165, 1.54) is 12.8 Å². The van der Waals surface area contributed by atoms with Crippen LogP contribution in [0.5, 0.6) is 0 Å². The van der Waals surface area contributed by atoms with Crippen molar-refractivity contribution in [2.24, 2.45) is 0 Å². The summed E-state index contributed by atoms with van der Waals surface area (Å²) in [6.45, 7) is 2.97. The van der Waals surface area contributed by atoms with Gasteiger partial charge >= 0.3 is 0 Å². The Morgan fingerprint density at radius 2 is 2.32 bits per heavy atom. The summed E-state index contributed by atoms with van der Waals surface area (Å²) in [6, 6.07) is 4.94. The van der Waals surface area contributed by atoms with Crippen molar-refractivity contribution in [1.82, 2.24) is 15.5 Å². The Balaban J connectivity index is 1.44. The Bertz CT molecular complexity index is 418. The van der Waals surface area contributed by atoms with Gasteiger partial charge in [0.2, 0.25) is 5.91 Å². The maximum absolute atomic E-state index is 11.9. The van der Waals surface area contributed by atoms with Gasteiger partial charge in [0.15, 0.2) is 0 Å². The van der Waals surface area contributed by atoms with Gasteiger partial charge in [-0.25, -0.2) is 0 Å². The van der Waals surface area contributed by atoms with Crippen molar-refractivity contribution < 1.29 is 9.21 Å². The fourth-order valence-electron chi connectivity index (χ4n) is 3.02. The third kappa shape index (κ3) is 3.36. The van der Waals surface area contributed by atoms with Gasteiger partial charge in [-0.1, -0.05) is 0 Å². The molecule has 3 rings (SSSR count). The predicted octanol–water partition coefficient (Wildman–Crippen LogP) is 0.722. The molecule has 0 saturated carbocycles. The molecule has 0 aromatic carbocycles. The van der Waals surface area contributed by atoms with Crippen LogP contribution in [0.2, 0.25) is 0 Å². The van der Waals surface area contributed by atoms with E-state index in [0.29, 0.717) is 25.2 Å². The van der Waals surface area contributed by atoms with E-state index in [2.05, 4.69) is 15.5 Å². The molecule has 2 fully saturated rings. The topological polar surface area (TPSA) is 57.5 Å². The largest absolute Gasteiger partial charge is 0.467 e. The van der Waals surface area contributed by atoms with Crippen LogP contribution in [-0.2, 0) is 11.3 Å². The highest BCUT2D eigenvalue weighted by molar-refractivity contribution is 5.77. The molecule has 2 saturated heterocycles. The summed E-state index contributed by atoms with van der Waals surface area (Å²) in [5, 5.41) is 6.52. The standard InChI is InChI=1S/C14H21N3O2/c18-14(15-8-13-2-1-7-19-13)10-17-6-5-11-3-4-12(9-17)16-11/h1-2,7,11-12,16H,3-6,8-10H2,(H,15,18). The van der Waals surface area contributed by atoms with Crippen LogP contribution >= 0.6 is 0 Å². The van der Waals surface area contributed by atoms with Gasteiger partial charge in [0.1, 0.15) is 5.76 Å². The van der Waals surface area contributed by atoms with Crippen molar-refractivity contribution in [3.05, 3.63) is 24.2 Å². The van der Waals surface area contributed by atoms with E-state index in [-0.39, 0.29) is 5.91 Å². The molecule has 2 atom stereocenters. The molecule has 0 radical (unpaired) electrons. The molecule has 5 nitrogen and oxygen atoms in total. The molecule has 2 N–H and O–H groups in total. The summed E-state index contributed by atoms with van der Waals surface area (Å²) < 4.78 is 5.20. The number of carbonyl (C=O) groups is 1. The summed E-state index contributed by atoms with van der Waals surface area (Å²) in [6.07, 6.45) is 5.32. The summed E-state index contributed by atoms with van der Waals surface area (Å²) in [7, 11) is 0. The van der Waals surface area contributed by atoms with E-state index < -0.39 is 0 Å². The molecule has 1 aromatic heterocycles. The molecule has 5 heteroatoms. The molecular formula is C14H21N3O2. The molecule has 2 aliphatic heterocycles. The van der Waals surface area contributed by atoms with Crippen LogP contribution in [-0.4, -0.2) is 42.5 Å². The molecule has 104 valence electrons. The number of fused-ring (bicyclic) bond motifs is 2. The molecule has 2 aliphatic rings. The number of rotatable bonds is 4. The summed E-state index contributed by atoms with van der Waals surface area (Å²) in [5.74, 6) is 0.874. The Morgan fingerprint density at radius 3 is 3.16 bits per heavy atom. The Hall–Kier alpha value is -1.33. The van der Waals surface area contributed by atoms with Crippen LogP contribution in [0.25, 0.3) is 0 Å². The lowest BCUT2D eigenvalue weighted by atomic mass is 10.1. The normalized spacial score (nSPS) is 27.2. The van der Waals surface area contributed by atoms with Crippen molar-refractivity contribution in [3.63, 3.8) is 0 Å². The van der Waals surface area contributed by atoms with Gasteiger partial charge in [0, 0.05) is 25.2 Å². The Morgan fingerprint density at radius 1 is 1.42 bits per heavy atom. The molecule has 0 aliphatic carbocycles. The van der Waals surface area contributed by atoms with E-state index in [4.69, 9.17) is 4.42 Å². The van der Waals surface area contributed by atoms with Crippen LogP contribution in [0.3, 0.4) is 0 Å². The first-order valence-corrected chi connectivity index (χ1v) is 7.07. The molecule has 3 heterocycles. The maximum atomic E-state index is 11.9. The van der Waals surface area contributed by atoms with Gasteiger partial charge in [0.25, 0.3) is 0 Å². The molecule has 2 bridgehead atoms. The third-order valence-electron chi connectivity index (χ3n) is 4.01. The van der Waals surface area contributed by atoms with E-state index in [1.807, 2.05) is 12.1 Å². The fraction of sp³-hybridized carbons (Fsp3) is 0.643. The van der Waals surface area contributed by atoms with Gasteiger partial charge < -0.3 is 15.1 Å². The highest BCUT2D eigenvalue weighted by Gasteiger charge is 2.29. The van der Waals surface area contributed by atoms with Crippen molar-refractivity contribution in [2.45, 2.75) is 37.9 Å². The van der Waals surface area contributed by atoms with Gasteiger partial charge in [0.05, 0.1) is 19.4 Å². The second kappa shape index (κ2) is 5.75. The quantitative estimate of drug-likeness (QED) is 0.840. The fourth-order valence-corrected chi connectivity index (χ4v) is 3.02. The SMILES string of the molecule is O=C(CN1CCC2CCC(C1)N2)NCc1ccco1. The number of likely N-dealkylation sites (tertiary alicyclic amines) is 1. The Labute approximate surface area is 113 Å². The van der Waals surface area contributed by atoms with Gasteiger partial charge in [-0.05, 0) is 31.4 Å². The van der Waals surface area contributed by atoms with Crippen LogP contribution < -0.4 is 10.6 Å². The zero-order valence-corrected chi connectivity index (χ0v) is 11.1. The highest BCUT2D eigenvalue weighted by atomic mass is 16.3. The van der Waals surface area contributed by atoms with E-state index >= 15 is 0 Å². The summed E-state index contributed by atoms with van der Waals surface area (Å²) in [4.78, 5) is 14.2. The van der Waals surface area contributed by atoms with Gasteiger partial charge in [-0.15, -0.1) is 0 Å². The Kier molecular flexibility index (Phi) is 3.84. The van der Waals surface area contributed by atoms with Crippen molar-refractivity contribution >= 4 is 5.91 Å². The van der Waals surface area contributed by atoms with E-state index in [0.717, 1.165) is 25.3 Å². The first kappa shape index (κ1) is 12.7. The third-order valence-corrected chi connectivity index (χ3v) is 4.01. The molecular weight excluding hydrogens is 242 g/mol. The van der Waals surface area contributed by atoms with Gasteiger partial charge in [-0.2, -0.15) is 0 Å². The van der Waals surface area contributed by atoms with E-state index in [1.54, 1.807) is 6.26 Å². The van der Waals surface area contributed by atoms with Crippen LogP contribution in [0.4, 0.5) is 0 Å². The first-order valence-electron chi connectivity index (χ1n) is 7.07. The minimum atomic E-state index is 0.0779. The molecule has 1 amide bonds. The predicted molar refractivity (Wildman–Crippen MR) is 71.6 cm³/mol. The zero-order chi connectivity index (χ0) is 13.1. The lowest BCUT2D eigenvalue weighted by Gasteiger charge is -2.23. The zero-order valence-electron chi connectivity index (χ0n) is 11.1. The van der Waals surface area contributed by atoms with Crippen LogP contribution in [0.1, 0.15) is 25.0 Å². The number of nitrogens with one attached hydrogen (secondary N) is 2. The maximum Gasteiger partial charge on any atom is 0.234 e. The average molecular weight is 263 g/mol. The number of furan rings is 1. The minimum absolute atomic E-state index is 0.0779. The second-order valence-corrected chi connectivity index (χ2v) is 5.52. The lowest BCUT2D eigenvalue weighted by molar-refractivity contribution is -0.122. The second-order valence-electron chi connectivity index (χ2n) is 5.52. The molecule has 19 heavy (non-hydrogen) atoms. The van der Waals surface area contributed by atoms with Crippen molar-refractivity contribution in [1.29, 1.82) is 0 Å². The average Bonchev–Trinajstić information content (AvgIpc) is 2.99. The smallest absolute Gasteiger partial charge is 0.234 e. The molecule has 2 unspecified atom stereocenters. The summed E-state index contributed by atoms with van der Waals surface area (Å²) in [5.41, 5.74) is 0. The summed E-state index contributed by atoms with van der Waals surface area (Å²) >= 11 is 0. The molecule has 1 aromatic rings.